The Morgan fingerprint density at radius 3 is 2.32 bits per heavy atom. The fourth-order valence-electron chi connectivity index (χ4n) is 4.77. The van der Waals surface area contributed by atoms with Gasteiger partial charge >= 0.3 is 5.69 Å². The van der Waals surface area contributed by atoms with E-state index in [4.69, 9.17) is 0 Å². The van der Waals surface area contributed by atoms with E-state index in [0.717, 1.165) is 45.6 Å². The van der Waals surface area contributed by atoms with Gasteiger partial charge in [-0.3, -0.25) is 10.1 Å². The van der Waals surface area contributed by atoms with Crippen molar-refractivity contribution in [2.24, 2.45) is 0 Å². The summed E-state index contributed by atoms with van der Waals surface area (Å²) in [6.07, 6.45) is 3.17. The smallest absolute Gasteiger partial charge is 0.353 e. The molecule has 1 aromatic heterocycles. The normalized spacial score (nSPS) is 22.8. The lowest BCUT2D eigenvalue weighted by molar-refractivity contribution is -0.383. The maximum atomic E-state index is 11.9. The van der Waals surface area contributed by atoms with Gasteiger partial charge in [-0.1, -0.05) is 6.92 Å². The van der Waals surface area contributed by atoms with Gasteiger partial charge in [-0.05, 0) is 47.1 Å². The summed E-state index contributed by atoms with van der Waals surface area (Å²) in [5.41, 5.74) is -0.122. The van der Waals surface area contributed by atoms with Crippen molar-refractivity contribution < 1.29 is 4.92 Å². The minimum atomic E-state index is -0.346. The van der Waals surface area contributed by atoms with E-state index in [1.807, 2.05) is 4.90 Å². The number of hydrogen-bond acceptors (Lipinski definition) is 8. The third-order valence-electron chi connectivity index (χ3n) is 5.64. The van der Waals surface area contributed by atoms with Crippen LogP contribution in [-0.4, -0.2) is 69.6 Å². The molecule has 9 nitrogen and oxygen atoms in total. The van der Waals surface area contributed by atoms with Gasteiger partial charge in [0.25, 0.3) is 0 Å². The summed E-state index contributed by atoms with van der Waals surface area (Å²) < 4.78 is 0. The van der Waals surface area contributed by atoms with E-state index >= 15 is 0 Å². The van der Waals surface area contributed by atoms with Gasteiger partial charge in [0.1, 0.15) is 6.33 Å². The number of likely N-dealkylation sites (N-methyl/N-ethyl adjacent to an activating group) is 1. The predicted octanol–water partition coefficient (Wildman–Crippen LogP) is 2.25. The molecule has 0 atom stereocenters. The Bertz CT molecular complexity index is 698. The fourth-order valence-corrected chi connectivity index (χ4v) is 4.77. The Labute approximate surface area is 167 Å². The molecule has 3 heterocycles. The Morgan fingerprint density at radius 1 is 1.18 bits per heavy atom. The molecule has 2 saturated heterocycles. The number of aromatic nitrogens is 2. The number of hydrogen-bond donors (Lipinski definition) is 2. The molecule has 9 heteroatoms. The zero-order valence-corrected chi connectivity index (χ0v) is 17.7. The van der Waals surface area contributed by atoms with Crippen LogP contribution < -0.4 is 15.5 Å². The highest BCUT2D eigenvalue weighted by molar-refractivity contribution is 5.70. The molecule has 0 bridgehead atoms. The van der Waals surface area contributed by atoms with E-state index in [1.165, 1.54) is 6.33 Å². The van der Waals surface area contributed by atoms with Gasteiger partial charge in [0.15, 0.2) is 0 Å². The average molecular weight is 392 g/mol. The van der Waals surface area contributed by atoms with Crippen molar-refractivity contribution in [3.05, 3.63) is 16.4 Å². The zero-order valence-electron chi connectivity index (χ0n) is 17.7. The molecule has 0 aromatic carbocycles. The summed E-state index contributed by atoms with van der Waals surface area (Å²) >= 11 is 0. The highest BCUT2D eigenvalue weighted by Crippen LogP contribution is 2.36. The molecule has 0 spiro atoms. The SMILES string of the molecule is CCN1CCN(c2ncnc(NC3CC(C)(C)NC(C)(C)C3)c2[N+](=O)[O-])CC1. The van der Waals surface area contributed by atoms with Gasteiger partial charge in [0, 0.05) is 43.3 Å². The molecule has 0 amide bonds. The van der Waals surface area contributed by atoms with Gasteiger partial charge in [-0.25, -0.2) is 9.97 Å². The van der Waals surface area contributed by atoms with Crippen LogP contribution >= 0.6 is 0 Å². The number of nitrogens with one attached hydrogen (secondary N) is 2. The van der Waals surface area contributed by atoms with Crippen LogP contribution in [0.2, 0.25) is 0 Å². The molecular weight excluding hydrogens is 358 g/mol. The van der Waals surface area contributed by atoms with E-state index in [0.29, 0.717) is 11.6 Å². The first-order valence-electron chi connectivity index (χ1n) is 10.1. The van der Waals surface area contributed by atoms with Crippen molar-refractivity contribution in [2.45, 2.75) is 64.6 Å². The topological polar surface area (TPSA) is 99.5 Å². The summed E-state index contributed by atoms with van der Waals surface area (Å²) in [7, 11) is 0. The van der Waals surface area contributed by atoms with Gasteiger partial charge in [-0.15, -0.1) is 0 Å². The zero-order chi connectivity index (χ0) is 20.5. The van der Waals surface area contributed by atoms with Crippen LogP contribution in [0.1, 0.15) is 47.5 Å². The summed E-state index contributed by atoms with van der Waals surface area (Å²) in [6.45, 7) is 15.0. The molecule has 0 aliphatic carbocycles. The Hall–Kier alpha value is -2.00. The molecule has 28 heavy (non-hydrogen) atoms. The van der Waals surface area contributed by atoms with E-state index < -0.39 is 0 Å². The molecule has 1 aromatic rings. The summed E-state index contributed by atoms with van der Waals surface area (Å²) in [5, 5.41) is 18.9. The second kappa shape index (κ2) is 7.79. The van der Waals surface area contributed by atoms with Crippen LogP contribution in [0.25, 0.3) is 0 Å². The maximum Gasteiger partial charge on any atom is 0.353 e. The van der Waals surface area contributed by atoms with Crippen LogP contribution in [0.3, 0.4) is 0 Å². The van der Waals surface area contributed by atoms with E-state index in [-0.39, 0.29) is 27.7 Å². The van der Waals surface area contributed by atoms with Crippen molar-refractivity contribution >= 4 is 17.3 Å². The largest absolute Gasteiger partial charge is 0.361 e. The molecule has 0 unspecified atom stereocenters. The molecule has 2 aliphatic rings. The van der Waals surface area contributed by atoms with Crippen LogP contribution in [0.4, 0.5) is 17.3 Å². The summed E-state index contributed by atoms with van der Waals surface area (Å²) in [4.78, 5) is 24.5. The van der Waals surface area contributed by atoms with Crippen molar-refractivity contribution in [1.29, 1.82) is 0 Å². The highest BCUT2D eigenvalue weighted by atomic mass is 16.6. The first-order chi connectivity index (χ1) is 13.1. The standard InChI is InChI=1S/C19H33N7O2/c1-6-24-7-9-25(10-8-24)17-15(26(27)28)16(20-13-21-17)22-14-11-18(2,3)23-19(4,5)12-14/h13-14,23H,6-12H2,1-5H3,(H,20,21,22). The summed E-state index contributed by atoms with van der Waals surface area (Å²) in [6, 6.07) is 0.102. The van der Waals surface area contributed by atoms with Crippen LogP contribution in [0.5, 0.6) is 0 Å². The Balaban J connectivity index is 1.85. The van der Waals surface area contributed by atoms with Crippen molar-refractivity contribution in [3.8, 4) is 0 Å². The van der Waals surface area contributed by atoms with Crippen molar-refractivity contribution in [3.63, 3.8) is 0 Å². The number of nitro groups is 1. The number of nitrogens with zero attached hydrogens (tertiary/aromatic N) is 5. The number of piperazine rings is 1. The lowest BCUT2D eigenvalue weighted by Crippen LogP contribution is -2.60. The molecule has 156 valence electrons. The summed E-state index contributed by atoms with van der Waals surface area (Å²) in [5.74, 6) is 0.747. The predicted molar refractivity (Wildman–Crippen MR) is 111 cm³/mol. The maximum absolute atomic E-state index is 11.9. The minimum absolute atomic E-state index is 0.0124. The van der Waals surface area contributed by atoms with Crippen LogP contribution in [0.15, 0.2) is 6.33 Å². The molecule has 2 fully saturated rings. The second-order valence-corrected chi connectivity index (χ2v) is 9.22. The number of anilines is 2. The highest BCUT2D eigenvalue weighted by Gasteiger charge is 2.39. The third kappa shape index (κ3) is 4.70. The van der Waals surface area contributed by atoms with Crippen LogP contribution in [-0.2, 0) is 0 Å². The molecular formula is C19H33N7O2. The van der Waals surface area contributed by atoms with Crippen molar-refractivity contribution in [1.82, 2.24) is 20.2 Å². The Kier molecular flexibility index (Phi) is 5.77. The average Bonchev–Trinajstić information content (AvgIpc) is 2.58. The molecule has 2 aliphatic heterocycles. The fraction of sp³-hybridized carbons (Fsp3) is 0.789. The molecule has 0 radical (unpaired) electrons. The Morgan fingerprint density at radius 2 is 1.79 bits per heavy atom. The monoisotopic (exact) mass is 391 g/mol. The lowest BCUT2D eigenvalue weighted by Gasteiger charge is -2.46. The minimum Gasteiger partial charge on any atom is -0.361 e. The third-order valence-corrected chi connectivity index (χ3v) is 5.64. The second-order valence-electron chi connectivity index (χ2n) is 9.22. The van der Waals surface area contributed by atoms with Gasteiger partial charge in [0.2, 0.25) is 11.6 Å². The van der Waals surface area contributed by atoms with Crippen molar-refractivity contribution in [2.75, 3.05) is 42.9 Å². The van der Waals surface area contributed by atoms with Gasteiger partial charge in [0.05, 0.1) is 4.92 Å². The quantitative estimate of drug-likeness (QED) is 0.582. The van der Waals surface area contributed by atoms with Crippen LogP contribution in [0, 0.1) is 10.1 Å². The molecule has 3 rings (SSSR count). The first kappa shape index (κ1) is 20.7. The molecule has 0 saturated carbocycles. The lowest BCUT2D eigenvalue weighted by atomic mass is 9.79. The van der Waals surface area contributed by atoms with E-state index in [1.54, 1.807) is 0 Å². The number of rotatable bonds is 5. The van der Waals surface area contributed by atoms with E-state index in [2.05, 4.69) is 60.1 Å². The number of piperidine rings is 1. The van der Waals surface area contributed by atoms with Gasteiger partial charge < -0.3 is 20.4 Å². The van der Waals surface area contributed by atoms with E-state index in [9.17, 15) is 10.1 Å². The first-order valence-corrected chi connectivity index (χ1v) is 10.1. The molecule has 2 N–H and O–H groups in total. The van der Waals surface area contributed by atoms with Gasteiger partial charge in [-0.2, -0.15) is 0 Å².